The molecule has 90 valence electrons. The summed E-state index contributed by atoms with van der Waals surface area (Å²) in [6.45, 7) is 5.67. The Morgan fingerprint density at radius 2 is 2.00 bits per heavy atom. The lowest BCUT2D eigenvalue weighted by molar-refractivity contribution is -0.141. The smallest absolute Gasteiger partial charge is 0.319 e. The molecule has 0 spiro atoms. The first-order valence-electron chi connectivity index (χ1n) is 4.98. The maximum Gasteiger partial charge on any atom is 0.319 e. The molecule has 0 aromatic carbocycles. The van der Waals surface area contributed by atoms with Crippen LogP contribution in [0.4, 0.5) is 0 Å². The molecule has 1 N–H and O–H groups in total. The Hall–Kier alpha value is -0.620. The van der Waals surface area contributed by atoms with Crippen LogP contribution in [-0.4, -0.2) is 45.1 Å². The summed E-state index contributed by atoms with van der Waals surface area (Å²) in [6, 6.07) is 0. The molecule has 0 atom stereocenters. The molecule has 0 radical (unpaired) electrons. The minimum Gasteiger partial charge on any atom is -0.465 e. The van der Waals surface area contributed by atoms with Crippen molar-refractivity contribution in [1.29, 1.82) is 0 Å². The fourth-order valence-electron chi connectivity index (χ4n) is 0.853. The Morgan fingerprint density at radius 1 is 1.40 bits per heavy atom. The molecule has 0 heterocycles. The van der Waals surface area contributed by atoms with E-state index in [9.17, 15) is 13.2 Å². The predicted octanol–water partition coefficient (Wildman–Crippen LogP) is -0.0377. The second-order valence-corrected chi connectivity index (χ2v) is 6.07. The van der Waals surface area contributed by atoms with E-state index in [4.69, 9.17) is 0 Å². The van der Waals surface area contributed by atoms with Crippen LogP contribution in [0.25, 0.3) is 0 Å². The quantitative estimate of drug-likeness (QED) is 0.497. The highest BCUT2D eigenvalue weighted by molar-refractivity contribution is 7.92. The van der Waals surface area contributed by atoms with Gasteiger partial charge in [0, 0.05) is 6.54 Å². The number of ether oxygens (including phenoxy) is 1. The van der Waals surface area contributed by atoms with Gasteiger partial charge in [-0.15, -0.1) is 0 Å². The molecule has 5 nitrogen and oxygen atoms in total. The molecular formula is C9H19NO4S. The molecule has 0 saturated heterocycles. The summed E-state index contributed by atoms with van der Waals surface area (Å²) < 4.78 is 27.4. The minimum absolute atomic E-state index is 0.0457. The number of hydrogen-bond acceptors (Lipinski definition) is 5. The molecule has 0 saturated carbocycles. The van der Waals surface area contributed by atoms with Crippen LogP contribution in [0, 0.1) is 0 Å². The van der Waals surface area contributed by atoms with E-state index >= 15 is 0 Å². The molecule has 0 unspecified atom stereocenters. The van der Waals surface area contributed by atoms with E-state index in [1.54, 1.807) is 20.8 Å². The topological polar surface area (TPSA) is 72.5 Å². The Morgan fingerprint density at radius 3 is 2.47 bits per heavy atom. The lowest BCUT2D eigenvalue weighted by Gasteiger charge is -2.08. The highest BCUT2D eigenvalue weighted by Gasteiger charge is 2.15. The van der Waals surface area contributed by atoms with E-state index in [0.29, 0.717) is 6.61 Å². The third-order valence-electron chi connectivity index (χ3n) is 1.86. The van der Waals surface area contributed by atoms with Crippen LogP contribution in [-0.2, 0) is 19.4 Å². The van der Waals surface area contributed by atoms with E-state index in [1.807, 2.05) is 0 Å². The Kier molecular flexibility index (Phi) is 6.51. The van der Waals surface area contributed by atoms with Gasteiger partial charge in [-0.25, -0.2) is 8.42 Å². The predicted molar refractivity (Wildman–Crippen MR) is 58.4 cm³/mol. The third kappa shape index (κ3) is 6.46. The Bertz CT molecular complexity index is 284. The maximum atomic E-state index is 11.3. The van der Waals surface area contributed by atoms with E-state index < -0.39 is 9.84 Å². The minimum atomic E-state index is -3.02. The van der Waals surface area contributed by atoms with Crippen molar-refractivity contribution in [2.45, 2.75) is 26.0 Å². The van der Waals surface area contributed by atoms with Crippen molar-refractivity contribution in [3.8, 4) is 0 Å². The summed E-state index contributed by atoms with van der Waals surface area (Å²) in [5.74, 6) is -0.316. The molecule has 0 aromatic heterocycles. The largest absolute Gasteiger partial charge is 0.465 e. The van der Waals surface area contributed by atoms with Crippen molar-refractivity contribution in [1.82, 2.24) is 5.32 Å². The molecule has 15 heavy (non-hydrogen) atoms. The van der Waals surface area contributed by atoms with Crippen molar-refractivity contribution < 1.29 is 17.9 Å². The van der Waals surface area contributed by atoms with E-state index in [0.717, 1.165) is 0 Å². The van der Waals surface area contributed by atoms with Gasteiger partial charge >= 0.3 is 5.97 Å². The van der Waals surface area contributed by atoms with Crippen molar-refractivity contribution in [3.05, 3.63) is 0 Å². The molecule has 0 aliphatic carbocycles. The summed E-state index contributed by atoms with van der Waals surface area (Å²) in [7, 11) is -3.02. The molecular weight excluding hydrogens is 218 g/mol. The monoisotopic (exact) mass is 237 g/mol. The van der Waals surface area contributed by atoms with Crippen LogP contribution in [0.5, 0.6) is 0 Å². The maximum absolute atomic E-state index is 11.3. The molecule has 0 aliphatic heterocycles. The van der Waals surface area contributed by atoms with Crippen LogP contribution in [0.2, 0.25) is 0 Å². The van der Waals surface area contributed by atoms with Crippen LogP contribution in [0.1, 0.15) is 20.8 Å². The number of carbonyl (C=O) groups excluding carboxylic acids is 1. The van der Waals surface area contributed by atoms with E-state index in [-0.39, 0.29) is 30.1 Å². The number of carbonyl (C=O) groups is 1. The summed E-state index contributed by atoms with van der Waals surface area (Å²) in [6.07, 6.45) is 0. The van der Waals surface area contributed by atoms with Gasteiger partial charge < -0.3 is 10.1 Å². The van der Waals surface area contributed by atoms with Crippen LogP contribution in [0.3, 0.4) is 0 Å². The highest BCUT2D eigenvalue weighted by Crippen LogP contribution is 1.98. The van der Waals surface area contributed by atoms with Crippen molar-refractivity contribution in [2.75, 3.05) is 25.4 Å². The summed E-state index contributed by atoms with van der Waals surface area (Å²) >= 11 is 0. The number of esters is 1. The van der Waals surface area contributed by atoms with E-state index in [2.05, 4.69) is 10.1 Å². The average Bonchev–Trinajstić information content (AvgIpc) is 2.13. The fourth-order valence-corrected chi connectivity index (χ4v) is 1.75. The molecule has 0 aliphatic rings. The first-order chi connectivity index (χ1) is 6.90. The number of hydrogen-bond donors (Lipinski definition) is 1. The van der Waals surface area contributed by atoms with E-state index in [1.165, 1.54) is 0 Å². The first-order valence-corrected chi connectivity index (χ1v) is 6.69. The van der Waals surface area contributed by atoms with Gasteiger partial charge in [0.15, 0.2) is 9.84 Å². The summed E-state index contributed by atoms with van der Waals surface area (Å²) in [5.41, 5.74) is 0. The van der Waals surface area contributed by atoms with Crippen LogP contribution >= 0.6 is 0 Å². The molecule has 0 amide bonds. The van der Waals surface area contributed by atoms with Gasteiger partial charge in [-0.2, -0.15) is 0 Å². The highest BCUT2D eigenvalue weighted by atomic mass is 32.2. The molecule has 0 bridgehead atoms. The van der Waals surface area contributed by atoms with Gasteiger partial charge in [0.1, 0.15) is 0 Å². The lowest BCUT2D eigenvalue weighted by atomic mass is 10.6. The lowest BCUT2D eigenvalue weighted by Crippen LogP contribution is -2.31. The number of sulfone groups is 1. The number of rotatable bonds is 7. The van der Waals surface area contributed by atoms with Crippen molar-refractivity contribution in [2.24, 2.45) is 0 Å². The van der Waals surface area contributed by atoms with Gasteiger partial charge in [-0.05, 0) is 20.8 Å². The van der Waals surface area contributed by atoms with Gasteiger partial charge in [-0.1, -0.05) is 0 Å². The second kappa shape index (κ2) is 6.79. The van der Waals surface area contributed by atoms with Gasteiger partial charge in [-0.3, -0.25) is 4.79 Å². The Labute approximate surface area is 91.1 Å². The van der Waals surface area contributed by atoms with Gasteiger partial charge in [0.2, 0.25) is 0 Å². The average molecular weight is 237 g/mol. The third-order valence-corrected chi connectivity index (χ3v) is 4.07. The second-order valence-electron chi connectivity index (χ2n) is 3.40. The van der Waals surface area contributed by atoms with Crippen molar-refractivity contribution in [3.63, 3.8) is 0 Å². The number of nitrogens with one attached hydrogen (secondary N) is 1. The summed E-state index contributed by atoms with van der Waals surface area (Å²) in [5, 5.41) is 2.35. The standard InChI is InChI=1S/C9H19NO4S/c1-4-14-9(11)7-10-5-6-15(12,13)8(2)3/h8,10H,4-7H2,1-3H3. The fraction of sp³-hybridized carbons (Fsp3) is 0.889. The normalized spacial score (nSPS) is 11.7. The van der Waals surface area contributed by atoms with Crippen molar-refractivity contribution >= 4 is 15.8 Å². The zero-order valence-corrected chi connectivity index (χ0v) is 10.3. The molecule has 0 fully saturated rings. The SMILES string of the molecule is CCOC(=O)CNCCS(=O)(=O)C(C)C. The van der Waals surface area contributed by atoms with Crippen LogP contribution < -0.4 is 5.32 Å². The summed E-state index contributed by atoms with van der Waals surface area (Å²) in [4.78, 5) is 10.9. The van der Waals surface area contributed by atoms with Crippen LogP contribution in [0.15, 0.2) is 0 Å². The molecule has 0 rings (SSSR count). The first kappa shape index (κ1) is 14.4. The van der Waals surface area contributed by atoms with Gasteiger partial charge in [0.05, 0.1) is 24.2 Å². The van der Waals surface area contributed by atoms with Gasteiger partial charge in [0.25, 0.3) is 0 Å². The zero-order chi connectivity index (χ0) is 11.9. The Balaban J connectivity index is 3.68. The zero-order valence-electron chi connectivity index (χ0n) is 9.45. The molecule has 6 heteroatoms. The molecule has 0 aromatic rings.